The Bertz CT molecular complexity index is 839. The van der Waals surface area contributed by atoms with Crippen LogP contribution in [-0.2, 0) is 4.79 Å². The number of amides is 1. The van der Waals surface area contributed by atoms with Crippen LogP contribution in [-0.4, -0.2) is 31.7 Å². The Morgan fingerprint density at radius 2 is 2.25 bits per heavy atom. The molecule has 2 aromatic rings. The number of carbonyl (C=O) groups excluding carboxylic acids is 1. The Morgan fingerprint density at radius 3 is 3.04 bits per heavy atom. The molecule has 0 aromatic carbocycles. The van der Waals surface area contributed by atoms with Gasteiger partial charge in [-0.05, 0) is 43.3 Å². The monoisotopic (exact) mass is 342 g/mol. The van der Waals surface area contributed by atoms with Crippen LogP contribution >= 0.6 is 11.6 Å². The third kappa shape index (κ3) is 3.03. The quantitative estimate of drug-likeness (QED) is 0.890. The van der Waals surface area contributed by atoms with Crippen molar-refractivity contribution in [3.63, 3.8) is 0 Å². The van der Waals surface area contributed by atoms with E-state index in [1.807, 2.05) is 16.7 Å². The summed E-state index contributed by atoms with van der Waals surface area (Å²) in [4.78, 5) is 16.8. The number of anilines is 1. The highest BCUT2D eigenvalue weighted by Crippen LogP contribution is 2.37. The molecule has 3 heterocycles. The molecule has 1 amide bonds. The number of nitrogens with one attached hydrogen (secondary N) is 2. The summed E-state index contributed by atoms with van der Waals surface area (Å²) in [6.45, 7) is 0. The molecule has 0 spiro atoms. The van der Waals surface area contributed by atoms with E-state index in [2.05, 4.69) is 25.8 Å². The Balaban J connectivity index is 1.53. The van der Waals surface area contributed by atoms with E-state index in [1.54, 1.807) is 30.7 Å². The van der Waals surface area contributed by atoms with Crippen LogP contribution in [0.1, 0.15) is 18.9 Å². The van der Waals surface area contributed by atoms with Gasteiger partial charge in [0.05, 0.1) is 0 Å². The zero-order valence-corrected chi connectivity index (χ0v) is 13.4. The molecule has 1 fully saturated rings. The molecular weight excluding hydrogens is 328 g/mol. The fourth-order valence-corrected chi connectivity index (χ4v) is 2.71. The summed E-state index contributed by atoms with van der Waals surface area (Å²) in [5.41, 5.74) is 0.683. The lowest BCUT2D eigenvalue weighted by Gasteiger charge is -2.16. The topological polar surface area (TPSA) is 84.7 Å². The third-order valence-corrected chi connectivity index (χ3v) is 4.12. The van der Waals surface area contributed by atoms with Gasteiger partial charge in [0.2, 0.25) is 0 Å². The first-order valence-electron chi connectivity index (χ1n) is 7.68. The molecule has 0 radical (unpaired) electrons. The molecule has 2 aliphatic rings. The fourth-order valence-electron chi connectivity index (χ4n) is 2.52. The highest BCUT2D eigenvalue weighted by atomic mass is 35.5. The largest absolute Gasteiger partial charge is 0.376 e. The summed E-state index contributed by atoms with van der Waals surface area (Å²) >= 11 is 5.92. The van der Waals surface area contributed by atoms with Crippen molar-refractivity contribution in [2.75, 3.05) is 5.32 Å². The van der Waals surface area contributed by atoms with Crippen molar-refractivity contribution in [3.05, 3.63) is 47.9 Å². The highest BCUT2D eigenvalue weighted by Gasteiger charge is 2.27. The van der Waals surface area contributed by atoms with Crippen LogP contribution in [0.2, 0.25) is 0 Å². The van der Waals surface area contributed by atoms with Crippen molar-refractivity contribution in [1.29, 1.82) is 0 Å². The Kier molecular flexibility index (Phi) is 3.78. The molecule has 122 valence electrons. The molecule has 1 saturated carbocycles. The first-order chi connectivity index (χ1) is 11.7. The second-order valence-corrected chi connectivity index (χ2v) is 6.16. The molecule has 0 bridgehead atoms. The number of allylic oxidation sites excluding steroid dienone is 2. The maximum atomic E-state index is 12.3. The number of halogens is 1. The lowest BCUT2D eigenvalue weighted by Crippen LogP contribution is -2.37. The van der Waals surface area contributed by atoms with Gasteiger partial charge in [0, 0.05) is 11.1 Å². The van der Waals surface area contributed by atoms with E-state index >= 15 is 0 Å². The van der Waals surface area contributed by atoms with Crippen molar-refractivity contribution >= 4 is 23.3 Å². The van der Waals surface area contributed by atoms with Gasteiger partial charge < -0.3 is 15.2 Å². The van der Waals surface area contributed by atoms with E-state index in [0.717, 1.165) is 18.7 Å². The van der Waals surface area contributed by atoms with E-state index in [-0.39, 0.29) is 5.91 Å². The highest BCUT2D eigenvalue weighted by molar-refractivity contribution is 6.31. The number of aromatic nitrogens is 4. The molecule has 0 saturated heterocycles. The Labute approximate surface area is 143 Å². The summed E-state index contributed by atoms with van der Waals surface area (Å²) in [6, 6.07) is 5.37. The average Bonchev–Trinajstić information content (AvgIpc) is 3.32. The minimum absolute atomic E-state index is 0.231. The number of rotatable bonds is 4. The van der Waals surface area contributed by atoms with Gasteiger partial charge in [0.1, 0.15) is 23.9 Å². The van der Waals surface area contributed by atoms with Gasteiger partial charge >= 0.3 is 0 Å². The van der Waals surface area contributed by atoms with Crippen LogP contribution in [0.25, 0.3) is 11.5 Å². The lowest BCUT2D eigenvalue weighted by atomic mass is 10.2. The number of hydrogen-bond donors (Lipinski definition) is 2. The second-order valence-electron chi connectivity index (χ2n) is 5.72. The standard InChI is InChI=1S/C16H15ClN6O/c17-10-6-7-18-13(8-10)16(24)21-14-3-1-2-12(20-14)15-22-19-9-23(15)11-4-5-11/h1-3,6-9,11,13,18H,4-5H2,(H,20,21,24). The summed E-state index contributed by atoms with van der Waals surface area (Å²) < 4.78 is 2.03. The van der Waals surface area contributed by atoms with E-state index in [1.165, 1.54) is 0 Å². The summed E-state index contributed by atoms with van der Waals surface area (Å²) in [7, 11) is 0. The second kappa shape index (κ2) is 6.09. The zero-order chi connectivity index (χ0) is 16.5. The zero-order valence-electron chi connectivity index (χ0n) is 12.7. The summed E-state index contributed by atoms with van der Waals surface area (Å²) in [5, 5.41) is 14.4. The number of pyridine rings is 1. The van der Waals surface area contributed by atoms with Gasteiger partial charge in [0.15, 0.2) is 5.82 Å². The van der Waals surface area contributed by atoms with Crippen LogP contribution in [0.5, 0.6) is 0 Å². The molecule has 24 heavy (non-hydrogen) atoms. The van der Waals surface area contributed by atoms with Crippen LogP contribution in [0.4, 0.5) is 5.82 Å². The van der Waals surface area contributed by atoms with E-state index < -0.39 is 6.04 Å². The van der Waals surface area contributed by atoms with Crippen LogP contribution in [0.3, 0.4) is 0 Å². The predicted molar refractivity (Wildman–Crippen MR) is 90.2 cm³/mol. The summed E-state index contributed by atoms with van der Waals surface area (Å²) in [6.07, 6.45) is 8.98. The number of dihydropyridines is 1. The van der Waals surface area contributed by atoms with Gasteiger partial charge in [-0.1, -0.05) is 17.7 Å². The van der Waals surface area contributed by atoms with Gasteiger partial charge in [-0.25, -0.2) is 4.98 Å². The SMILES string of the molecule is O=C(Nc1cccc(-c2nncn2C2CC2)n1)C1C=C(Cl)C=CN1. The smallest absolute Gasteiger partial charge is 0.252 e. The van der Waals surface area contributed by atoms with Crippen LogP contribution in [0, 0.1) is 0 Å². The third-order valence-electron chi connectivity index (χ3n) is 3.87. The van der Waals surface area contributed by atoms with Crippen molar-refractivity contribution in [2.24, 2.45) is 0 Å². The van der Waals surface area contributed by atoms with Crippen molar-refractivity contribution in [1.82, 2.24) is 25.1 Å². The molecule has 1 aliphatic heterocycles. The maximum absolute atomic E-state index is 12.3. The van der Waals surface area contributed by atoms with Gasteiger partial charge in [0.25, 0.3) is 5.91 Å². The fraction of sp³-hybridized carbons (Fsp3) is 0.250. The lowest BCUT2D eigenvalue weighted by molar-refractivity contribution is -0.116. The van der Waals surface area contributed by atoms with Gasteiger partial charge in [-0.2, -0.15) is 0 Å². The van der Waals surface area contributed by atoms with E-state index in [4.69, 9.17) is 11.6 Å². The van der Waals surface area contributed by atoms with E-state index in [9.17, 15) is 4.79 Å². The molecule has 2 aromatic heterocycles. The van der Waals surface area contributed by atoms with Crippen molar-refractivity contribution < 1.29 is 4.79 Å². The molecule has 1 aliphatic carbocycles. The number of hydrogen-bond acceptors (Lipinski definition) is 5. The molecule has 4 rings (SSSR count). The number of nitrogens with zero attached hydrogens (tertiary/aromatic N) is 4. The van der Waals surface area contributed by atoms with Crippen LogP contribution in [0.15, 0.2) is 47.9 Å². The summed E-state index contributed by atoms with van der Waals surface area (Å²) in [5.74, 6) is 0.949. The molecule has 7 nitrogen and oxygen atoms in total. The molecule has 1 unspecified atom stereocenters. The maximum Gasteiger partial charge on any atom is 0.252 e. The first-order valence-corrected chi connectivity index (χ1v) is 8.06. The van der Waals surface area contributed by atoms with Gasteiger partial charge in [-0.3, -0.25) is 4.79 Å². The van der Waals surface area contributed by atoms with Crippen LogP contribution < -0.4 is 10.6 Å². The first kappa shape index (κ1) is 14.9. The minimum atomic E-state index is -0.525. The molecule has 1 atom stereocenters. The molecule has 8 heteroatoms. The normalized spacial score (nSPS) is 19.5. The molecular formula is C16H15ClN6O. The Morgan fingerprint density at radius 1 is 1.38 bits per heavy atom. The number of carbonyl (C=O) groups is 1. The minimum Gasteiger partial charge on any atom is -0.376 e. The van der Waals surface area contributed by atoms with Crippen molar-refractivity contribution in [2.45, 2.75) is 24.9 Å². The molecule has 2 N–H and O–H groups in total. The predicted octanol–water partition coefficient (Wildman–Crippen LogP) is 2.22. The van der Waals surface area contributed by atoms with Crippen molar-refractivity contribution in [3.8, 4) is 11.5 Å². The average molecular weight is 343 g/mol. The van der Waals surface area contributed by atoms with Gasteiger partial charge in [-0.15, -0.1) is 10.2 Å². The van der Waals surface area contributed by atoms with E-state index in [0.29, 0.717) is 22.6 Å². The Hall–Kier alpha value is -2.67.